The molecule has 0 bridgehead atoms. The summed E-state index contributed by atoms with van der Waals surface area (Å²) in [6.07, 6.45) is 1.47. The summed E-state index contributed by atoms with van der Waals surface area (Å²) < 4.78 is 10.4. The first-order valence-corrected chi connectivity index (χ1v) is 9.83. The fraction of sp³-hybridized carbons (Fsp3) is 0.286. The van der Waals surface area contributed by atoms with Gasteiger partial charge < -0.3 is 14.8 Å². The van der Waals surface area contributed by atoms with Gasteiger partial charge in [-0.05, 0) is 47.9 Å². The predicted molar refractivity (Wildman–Crippen MR) is 118 cm³/mol. The van der Waals surface area contributed by atoms with Gasteiger partial charge in [0.25, 0.3) is 11.8 Å². The van der Waals surface area contributed by atoms with Gasteiger partial charge in [0.05, 0.1) is 30.5 Å². The lowest BCUT2D eigenvalue weighted by Crippen LogP contribution is -2.48. The van der Waals surface area contributed by atoms with Gasteiger partial charge in [0, 0.05) is 5.56 Å². The summed E-state index contributed by atoms with van der Waals surface area (Å²) in [5.74, 6) is 0.0692. The van der Waals surface area contributed by atoms with Crippen LogP contribution in [0.25, 0.3) is 0 Å². The summed E-state index contributed by atoms with van der Waals surface area (Å²) in [6, 6.07) is 8.93. The Morgan fingerprint density at radius 3 is 2.30 bits per heavy atom. The monoisotopic (exact) mass is 451 g/mol. The van der Waals surface area contributed by atoms with E-state index in [0.29, 0.717) is 27.6 Å². The molecule has 2 aromatic carbocycles. The number of carbonyl (C=O) groups is 2. The fourth-order valence-electron chi connectivity index (χ4n) is 2.57. The van der Waals surface area contributed by atoms with E-state index in [1.165, 1.54) is 31.5 Å². The van der Waals surface area contributed by atoms with Crippen molar-refractivity contribution in [1.82, 2.24) is 10.7 Å². The minimum Gasteiger partial charge on any atom is -0.493 e. The zero-order valence-electron chi connectivity index (χ0n) is 17.0. The number of hydrogen-bond acceptors (Lipinski definition) is 5. The van der Waals surface area contributed by atoms with Crippen LogP contribution in [0.2, 0.25) is 10.0 Å². The molecule has 0 aliphatic heterocycles. The molecule has 0 fully saturated rings. The van der Waals surface area contributed by atoms with E-state index in [0.717, 1.165) is 0 Å². The Morgan fingerprint density at radius 2 is 1.70 bits per heavy atom. The molecule has 160 valence electrons. The van der Waals surface area contributed by atoms with E-state index in [-0.39, 0.29) is 10.9 Å². The van der Waals surface area contributed by atoms with Crippen molar-refractivity contribution in [1.29, 1.82) is 0 Å². The van der Waals surface area contributed by atoms with Crippen LogP contribution >= 0.6 is 23.2 Å². The molecule has 0 aliphatic rings. The summed E-state index contributed by atoms with van der Waals surface area (Å²) in [7, 11) is 3.08. The van der Waals surface area contributed by atoms with Crippen molar-refractivity contribution in [2.75, 3.05) is 14.2 Å². The third-order valence-electron chi connectivity index (χ3n) is 4.21. The van der Waals surface area contributed by atoms with E-state index in [9.17, 15) is 9.59 Å². The SMILES string of the molecule is COc1ccc(C=NNC(=O)C(NC(=O)c2ccc(Cl)c(Cl)c2)C(C)C)cc1OC. The van der Waals surface area contributed by atoms with Crippen LogP contribution < -0.4 is 20.2 Å². The van der Waals surface area contributed by atoms with Crippen molar-refractivity contribution in [2.45, 2.75) is 19.9 Å². The minimum absolute atomic E-state index is 0.173. The highest BCUT2D eigenvalue weighted by atomic mass is 35.5. The molecule has 0 heterocycles. The van der Waals surface area contributed by atoms with Gasteiger partial charge in [-0.25, -0.2) is 5.43 Å². The van der Waals surface area contributed by atoms with E-state index in [1.54, 1.807) is 25.3 Å². The number of ether oxygens (including phenoxy) is 2. The highest BCUT2D eigenvalue weighted by Gasteiger charge is 2.24. The van der Waals surface area contributed by atoms with Gasteiger partial charge in [0.15, 0.2) is 11.5 Å². The van der Waals surface area contributed by atoms with Gasteiger partial charge in [0.1, 0.15) is 6.04 Å². The molecule has 1 unspecified atom stereocenters. The van der Waals surface area contributed by atoms with Gasteiger partial charge >= 0.3 is 0 Å². The topological polar surface area (TPSA) is 89.0 Å². The van der Waals surface area contributed by atoms with E-state index in [1.807, 2.05) is 13.8 Å². The number of nitrogens with zero attached hydrogens (tertiary/aromatic N) is 1. The van der Waals surface area contributed by atoms with Gasteiger partial charge in [-0.1, -0.05) is 37.0 Å². The van der Waals surface area contributed by atoms with Crippen molar-refractivity contribution < 1.29 is 19.1 Å². The first-order chi connectivity index (χ1) is 14.3. The molecule has 2 amide bonds. The van der Waals surface area contributed by atoms with E-state index >= 15 is 0 Å². The molecule has 0 saturated carbocycles. The summed E-state index contributed by atoms with van der Waals surface area (Å²) in [4.78, 5) is 25.1. The number of rotatable bonds is 8. The zero-order valence-corrected chi connectivity index (χ0v) is 18.5. The van der Waals surface area contributed by atoms with Crippen LogP contribution in [0.1, 0.15) is 29.8 Å². The Kier molecular flexibility index (Phi) is 8.50. The molecule has 0 aliphatic carbocycles. The van der Waals surface area contributed by atoms with Crippen LogP contribution in [0.15, 0.2) is 41.5 Å². The molecule has 7 nitrogen and oxygen atoms in total. The Hall–Kier alpha value is -2.77. The van der Waals surface area contributed by atoms with Crippen LogP contribution in [0, 0.1) is 5.92 Å². The lowest BCUT2D eigenvalue weighted by molar-refractivity contribution is -0.123. The molecule has 0 spiro atoms. The molecule has 9 heteroatoms. The van der Waals surface area contributed by atoms with Crippen molar-refractivity contribution in [3.63, 3.8) is 0 Å². The molecule has 0 radical (unpaired) electrons. The van der Waals surface area contributed by atoms with Crippen molar-refractivity contribution in [3.8, 4) is 11.5 Å². The average molecular weight is 452 g/mol. The van der Waals surface area contributed by atoms with Gasteiger partial charge in [0.2, 0.25) is 0 Å². The highest BCUT2D eigenvalue weighted by molar-refractivity contribution is 6.42. The largest absolute Gasteiger partial charge is 0.493 e. The van der Waals surface area contributed by atoms with Crippen LogP contribution in [-0.4, -0.2) is 38.3 Å². The van der Waals surface area contributed by atoms with Crippen molar-refractivity contribution in [3.05, 3.63) is 57.6 Å². The lowest BCUT2D eigenvalue weighted by atomic mass is 10.0. The molecular weight excluding hydrogens is 429 g/mol. The maximum absolute atomic E-state index is 12.6. The smallest absolute Gasteiger partial charge is 0.262 e. The third-order valence-corrected chi connectivity index (χ3v) is 4.95. The number of carbonyl (C=O) groups excluding carboxylic acids is 2. The first kappa shape index (κ1) is 23.5. The number of hydrazone groups is 1. The van der Waals surface area contributed by atoms with Crippen LogP contribution in [0.5, 0.6) is 11.5 Å². The molecule has 2 N–H and O–H groups in total. The summed E-state index contributed by atoms with van der Waals surface area (Å²) in [5, 5.41) is 7.27. The lowest BCUT2D eigenvalue weighted by Gasteiger charge is -2.20. The molecule has 0 aromatic heterocycles. The van der Waals surface area contributed by atoms with E-state index < -0.39 is 17.9 Å². The Bertz CT molecular complexity index is 948. The molecule has 30 heavy (non-hydrogen) atoms. The second kappa shape index (κ2) is 10.8. The summed E-state index contributed by atoms with van der Waals surface area (Å²) >= 11 is 11.8. The van der Waals surface area contributed by atoms with Crippen LogP contribution in [-0.2, 0) is 4.79 Å². The normalized spacial score (nSPS) is 12.0. The Labute approximate surface area is 185 Å². The van der Waals surface area contributed by atoms with Crippen LogP contribution in [0.4, 0.5) is 0 Å². The summed E-state index contributed by atoms with van der Waals surface area (Å²) in [5.41, 5.74) is 3.46. The Balaban J connectivity index is 2.05. The Morgan fingerprint density at radius 1 is 1.00 bits per heavy atom. The quantitative estimate of drug-likeness (QED) is 0.470. The predicted octanol–water partition coefficient (Wildman–Crippen LogP) is 3.92. The number of amides is 2. The van der Waals surface area contributed by atoms with E-state index in [2.05, 4.69) is 15.8 Å². The second-order valence-corrected chi connectivity index (χ2v) is 7.49. The molecule has 1 atom stereocenters. The molecular formula is C21H23Cl2N3O4. The maximum atomic E-state index is 12.6. The van der Waals surface area contributed by atoms with Gasteiger partial charge in [-0.3, -0.25) is 9.59 Å². The van der Waals surface area contributed by atoms with E-state index in [4.69, 9.17) is 32.7 Å². The number of hydrogen-bond donors (Lipinski definition) is 2. The zero-order chi connectivity index (χ0) is 22.3. The average Bonchev–Trinajstić information content (AvgIpc) is 2.73. The standard InChI is InChI=1S/C21H23Cl2N3O4/c1-12(2)19(25-20(27)14-6-7-15(22)16(23)10-14)21(28)26-24-11-13-5-8-17(29-3)18(9-13)30-4/h5-12,19H,1-4H3,(H,25,27)(H,26,28). The minimum atomic E-state index is -0.797. The number of benzene rings is 2. The molecule has 0 saturated heterocycles. The number of halogens is 2. The van der Waals surface area contributed by atoms with Crippen LogP contribution in [0.3, 0.4) is 0 Å². The summed E-state index contributed by atoms with van der Waals surface area (Å²) in [6.45, 7) is 3.63. The number of nitrogens with one attached hydrogen (secondary N) is 2. The number of methoxy groups -OCH3 is 2. The highest BCUT2D eigenvalue weighted by Crippen LogP contribution is 2.27. The maximum Gasteiger partial charge on any atom is 0.262 e. The fourth-order valence-corrected chi connectivity index (χ4v) is 2.87. The van der Waals surface area contributed by atoms with Gasteiger partial charge in [-0.15, -0.1) is 0 Å². The third kappa shape index (κ3) is 6.11. The molecule has 2 rings (SSSR count). The first-order valence-electron chi connectivity index (χ1n) is 9.07. The second-order valence-electron chi connectivity index (χ2n) is 6.67. The van der Waals surface area contributed by atoms with Crippen molar-refractivity contribution in [2.24, 2.45) is 11.0 Å². The van der Waals surface area contributed by atoms with Gasteiger partial charge in [-0.2, -0.15) is 5.10 Å². The van der Waals surface area contributed by atoms with Crippen molar-refractivity contribution >= 4 is 41.2 Å². The molecule has 2 aromatic rings.